The minimum atomic E-state index is -0.675. The number of rotatable bonds is 1. The van der Waals surface area contributed by atoms with Crippen molar-refractivity contribution < 1.29 is 0 Å². The molecule has 6 heteroatoms. The van der Waals surface area contributed by atoms with E-state index in [1.807, 2.05) is 13.0 Å². The van der Waals surface area contributed by atoms with E-state index in [1.165, 1.54) is 10.8 Å². The lowest BCUT2D eigenvalue weighted by Gasteiger charge is -2.09. The summed E-state index contributed by atoms with van der Waals surface area (Å²) in [4.78, 5) is 25.2. The minimum absolute atomic E-state index is 0.103. The molecule has 0 fully saturated rings. The van der Waals surface area contributed by atoms with Gasteiger partial charge in [0.15, 0.2) is 0 Å². The van der Waals surface area contributed by atoms with Gasteiger partial charge in [0, 0.05) is 10.7 Å². The van der Waals surface area contributed by atoms with Gasteiger partial charge in [-0.3, -0.25) is 14.3 Å². The van der Waals surface area contributed by atoms with Crippen LogP contribution in [0.15, 0.2) is 38.5 Å². The molecule has 1 aromatic heterocycles. The van der Waals surface area contributed by atoms with Crippen molar-refractivity contribution in [3.8, 4) is 11.8 Å². The molecule has 1 aromatic carbocycles. The Bertz CT molecular complexity index is 768. The van der Waals surface area contributed by atoms with Gasteiger partial charge in [-0.1, -0.05) is 22.0 Å². The first-order valence-corrected chi connectivity index (χ1v) is 5.85. The average molecular weight is 306 g/mol. The van der Waals surface area contributed by atoms with Crippen molar-refractivity contribution >= 4 is 15.9 Å². The number of hydrogen-bond acceptors (Lipinski definition) is 3. The molecule has 1 heterocycles. The molecule has 0 aliphatic rings. The number of hydrogen-bond donors (Lipinski definition) is 1. The predicted octanol–water partition coefficient (Wildman–Crippen LogP) is 1.47. The van der Waals surface area contributed by atoms with E-state index in [1.54, 1.807) is 18.2 Å². The number of nitrogens with one attached hydrogen (secondary N) is 1. The molecule has 0 amide bonds. The van der Waals surface area contributed by atoms with Crippen LogP contribution in [-0.2, 0) is 0 Å². The van der Waals surface area contributed by atoms with Gasteiger partial charge in [0.2, 0.25) is 0 Å². The molecule has 0 atom stereocenters. The maximum Gasteiger partial charge on any atom is 0.332 e. The zero-order chi connectivity index (χ0) is 13.3. The molecule has 0 saturated carbocycles. The van der Waals surface area contributed by atoms with Crippen LogP contribution in [0.2, 0.25) is 0 Å². The van der Waals surface area contributed by atoms with Crippen LogP contribution < -0.4 is 11.2 Å². The van der Waals surface area contributed by atoms with Gasteiger partial charge in [-0.15, -0.1) is 0 Å². The molecule has 2 aromatic rings. The first-order chi connectivity index (χ1) is 8.54. The second-order valence-corrected chi connectivity index (χ2v) is 4.52. The second-order valence-electron chi connectivity index (χ2n) is 3.67. The fourth-order valence-electron chi connectivity index (χ4n) is 1.59. The molecule has 0 spiro atoms. The number of H-pyrrole nitrogens is 1. The molecule has 0 aliphatic heterocycles. The Labute approximate surface area is 110 Å². The van der Waals surface area contributed by atoms with Gasteiger partial charge in [-0.2, -0.15) is 5.26 Å². The summed E-state index contributed by atoms with van der Waals surface area (Å²) in [6.45, 7) is 1.84. The van der Waals surface area contributed by atoms with Crippen LogP contribution in [0.25, 0.3) is 5.69 Å². The highest BCUT2D eigenvalue weighted by molar-refractivity contribution is 9.10. The summed E-state index contributed by atoms with van der Waals surface area (Å²) in [5, 5.41) is 8.81. The van der Waals surface area contributed by atoms with Gasteiger partial charge < -0.3 is 0 Å². The molecule has 18 heavy (non-hydrogen) atoms. The van der Waals surface area contributed by atoms with E-state index in [2.05, 4.69) is 20.9 Å². The van der Waals surface area contributed by atoms with Crippen LogP contribution in [0.1, 0.15) is 11.1 Å². The monoisotopic (exact) mass is 305 g/mol. The van der Waals surface area contributed by atoms with Crippen molar-refractivity contribution in [3.05, 3.63) is 60.8 Å². The van der Waals surface area contributed by atoms with Gasteiger partial charge >= 0.3 is 5.69 Å². The van der Waals surface area contributed by atoms with Crippen LogP contribution in [0.4, 0.5) is 0 Å². The molecule has 0 unspecified atom stereocenters. The van der Waals surface area contributed by atoms with Crippen molar-refractivity contribution in [1.29, 1.82) is 5.26 Å². The lowest BCUT2D eigenvalue weighted by atomic mass is 10.2. The van der Waals surface area contributed by atoms with E-state index >= 15 is 0 Å². The molecule has 2 rings (SSSR count). The largest absolute Gasteiger partial charge is 0.332 e. The maximum atomic E-state index is 11.8. The summed E-state index contributed by atoms with van der Waals surface area (Å²) in [6.07, 6.45) is 1.25. The Morgan fingerprint density at radius 1 is 1.39 bits per heavy atom. The minimum Gasteiger partial charge on any atom is -0.273 e. The fourth-order valence-corrected chi connectivity index (χ4v) is 1.94. The van der Waals surface area contributed by atoms with Gasteiger partial charge in [0.25, 0.3) is 5.56 Å². The molecular formula is C12H8BrN3O2. The third kappa shape index (κ3) is 2.00. The number of aromatic amines is 1. The van der Waals surface area contributed by atoms with Gasteiger partial charge in [0.1, 0.15) is 11.6 Å². The van der Waals surface area contributed by atoms with Crippen LogP contribution >= 0.6 is 15.9 Å². The van der Waals surface area contributed by atoms with Crippen LogP contribution in [-0.4, -0.2) is 9.55 Å². The Hall–Kier alpha value is -2.13. The van der Waals surface area contributed by atoms with Crippen LogP contribution in [0, 0.1) is 18.3 Å². The SMILES string of the molecule is Cc1c(Br)cccc1-n1cc(C#N)c(=O)[nH]c1=O. The van der Waals surface area contributed by atoms with E-state index in [9.17, 15) is 9.59 Å². The van der Waals surface area contributed by atoms with Crippen molar-refractivity contribution in [3.63, 3.8) is 0 Å². The van der Waals surface area contributed by atoms with Crippen molar-refractivity contribution in [2.75, 3.05) is 0 Å². The topological polar surface area (TPSA) is 78.7 Å². The van der Waals surface area contributed by atoms with Crippen LogP contribution in [0.5, 0.6) is 0 Å². The normalized spacial score (nSPS) is 10.1. The van der Waals surface area contributed by atoms with Crippen LogP contribution in [0.3, 0.4) is 0 Å². The zero-order valence-corrected chi connectivity index (χ0v) is 11.0. The summed E-state index contributed by atoms with van der Waals surface area (Å²) in [6, 6.07) is 7.11. The van der Waals surface area contributed by atoms with E-state index in [-0.39, 0.29) is 5.56 Å². The number of nitrogens with zero attached hydrogens (tertiary/aromatic N) is 2. The Morgan fingerprint density at radius 2 is 2.11 bits per heavy atom. The van der Waals surface area contributed by atoms with Gasteiger partial charge in [-0.05, 0) is 24.6 Å². The van der Waals surface area contributed by atoms with E-state index in [4.69, 9.17) is 5.26 Å². The summed E-state index contributed by atoms with van der Waals surface area (Å²) >= 11 is 3.37. The van der Waals surface area contributed by atoms with Crippen molar-refractivity contribution in [2.45, 2.75) is 6.92 Å². The quantitative estimate of drug-likeness (QED) is 0.866. The van der Waals surface area contributed by atoms with Gasteiger partial charge in [0.05, 0.1) is 5.69 Å². The maximum absolute atomic E-state index is 11.8. The lowest BCUT2D eigenvalue weighted by molar-refractivity contribution is 0.882. The van der Waals surface area contributed by atoms with E-state index < -0.39 is 11.2 Å². The Morgan fingerprint density at radius 3 is 2.78 bits per heavy atom. The molecule has 0 aliphatic carbocycles. The molecule has 5 nitrogen and oxygen atoms in total. The Balaban J connectivity index is 2.81. The molecular weight excluding hydrogens is 298 g/mol. The lowest BCUT2D eigenvalue weighted by Crippen LogP contribution is -2.30. The predicted molar refractivity (Wildman–Crippen MR) is 69.8 cm³/mol. The van der Waals surface area contributed by atoms with E-state index in [0.717, 1.165) is 10.0 Å². The molecule has 0 radical (unpaired) electrons. The third-order valence-corrected chi connectivity index (χ3v) is 3.42. The summed E-state index contributed by atoms with van der Waals surface area (Å²) < 4.78 is 2.09. The highest BCUT2D eigenvalue weighted by Crippen LogP contribution is 2.21. The number of benzene rings is 1. The van der Waals surface area contributed by atoms with E-state index in [0.29, 0.717) is 5.69 Å². The first kappa shape index (κ1) is 12.3. The fraction of sp³-hybridized carbons (Fsp3) is 0.0833. The highest BCUT2D eigenvalue weighted by Gasteiger charge is 2.09. The first-order valence-electron chi connectivity index (χ1n) is 5.06. The summed E-state index contributed by atoms with van der Waals surface area (Å²) in [7, 11) is 0. The molecule has 1 N–H and O–H groups in total. The zero-order valence-electron chi connectivity index (χ0n) is 9.40. The highest BCUT2D eigenvalue weighted by atomic mass is 79.9. The smallest absolute Gasteiger partial charge is 0.273 e. The summed E-state index contributed by atoms with van der Waals surface area (Å²) in [5.41, 5.74) is 0.109. The average Bonchev–Trinajstić information content (AvgIpc) is 2.34. The number of nitriles is 1. The van der Waals surface area contributed by atoms with Crippen molar-refractivity contribution in [2.24, 2.45) is 0 Å². The number of aromatic nitrogens is 2. The molecule has 0 bridgehead atoms. The summed E-state index contributed by atoms with van der Waals surface area (Å²) in [5.74, 6) is 0. The molecule has 90 valence electrons. The standard InChI is InChI=1S/C12H8BrN3O2/c1-7-9(13)3-2-4-10(7)16-6-8(5-14)11(17)15-12(16)18/h2-4,6H,1H3,(H,15,17,18). The van der Waals surface area contributed by atoms with Crippen molar-refractivity contribution in [1.82, 2.24) is 9.55 Å². The third-order valence-electron chi connectivity index (χ3n) is 2.56. The Kier molecular flexibility index (Phi) is 3.17. The molecule has 0 saturated heterocycles. The second kappa shape index (κ2) is 4.63. The van der Waals surface area contributed by atoms with Gasteiger partial charge in [-0.25, -0.2) is 4.79 Å². The number of halogens is 1.